The van der Waals surface area contributed by atoms with Gasteiger partial charge in [-0.25, -0.2) is 4.79 Å². The summed E-state index contributed by atoms with van der Waals surface area (Å²) in [7, 11) is 0. The third kappa shape index (κ3) is 4.15. The first-order valence-corrected chi connectivity index (χ1v) is 8.00. The van der Waals surface area contributed by atoms with Crippen LogP contribution in [0.2, 0.25) is 0 Å². The fraction of sp³-hybridized carbons (Fsp3) is 0.118. The monoisotopic (exact) mass is 382 g/mol. The minimum Gasteiger partial charge on any atom is -0.452 e. The number of nitrogens with zero attached hydrogens (tertiary/aromatic N) is 5. The van der Waals surface area contributed by atoms with E-state index in [2.05, 4.69) is 20.8 Å². The zero-order valence-electron chi connectivity index (χ0n) is 14.6. The number of ether oxygens (including phenoxy) is 1. The summed E-state index contributed by atoms with van der Waals surface area (Å²) >= 11 is 0. The van der Waals surface area contributed by atoms with Crippen LogP contribution in [0.3, 0.4) is 0 Å². The lowest BCUT2D eigenvalue weighted by molar-refractivity contribution is -0.384. The molecule has 1 aromatic heterocycles. The molecule has 11 nitrogen and oxygen atoms in total. The van der Waals surface area contributed by atoms with Gasteiger partial charge in [-0.2, -0.15) is 4.68 Å². The maximum absolute atomic E-state index is 12.3. The number of esters is 1. The fourth-order valence-corrected chi connectivity index (χ4v) is 2.41. The van der Waals surface area contributed by atoms with Crippen molar-refractivity contribution in [1.82, 2.24) is 20.2 Å². The highest BCUT2D eigenvalue weighted by atomic mass is 16.6. The lowest BCUT2D eigenvalue weighted by atomic mass is 10.2. The van der Waals surface area contributed by atoms with E-state index in [4.69, 9.17) is 4.74 Å². The molecule has 0 unspecified atom stereocenters. The van der Waals surface area contributed by atoms with Crippen LogP contribution >= 0.6 is 0 Å². The first-order valence-electron chi connectivity index (χ1n) is 8.00. The Morgan fingerprint density at radius 3 is 2.75 bits per heavy atom. The van der Waals surface area contributed by atoms with E-state index >= 15 is 0 Å². The summed E-state index contributed by atoms with van der Waals surface area (Å²) in [6, 6.07) is 10.8. The van der Waals surface area contributed by atoms with E-state index < -0.39 is 23.4 Å². The van der Waals surface area contributed by atoms with E-state index in [1.807, 2.05) is 0 Å². The molecule has 0 spiro atoms. The van der Waals surface area contributed by atoms with E-state index in [1.54, 1.807) is 31.2 Å². The number of hydrogen-bond acceptors (Lipinski definition) is 8. The summed E-state index contributed by atoms with van der Waals surface area (Å²) in [5.74, 6) is -1.47. The molecule has 0 saturated heterocycles. The zero-order valence-corrected chi connectivity index (χ0v) is 14.6. The zero-order chi connectivity index (χ0) is 20.1. The lowest BCUT2D eigenvalue weighted by Gasteiger charge is -2.09. The second-order valence-electron chi connectivity index (χ2n) is 5.67. The maximum atomic E-state index is 12.3. The van der Waals surface area contributed by atoms with Crippen LogP contribution in [0.5, 0.6) is 0 Å². The van der Waals surface area contributed by atoms with Crippen LogP contribution in [0.15, 0.2) is 48.8 Å². The number of nitro benzene ring substituents is 1. The highest BCUT2D eigenvalue weighted by Gasteiger charge is 2.19. The Labute approximate surface area is 158 Å². The second kappa shape index (κ2) is 8.03. The topological polar surface area (TPSA) is 142 Å². The van der Waals surface area contributed by atoms with Crippen LogP contribution < -0.4 is 5.32 Å². The van der Waals surface area contributed by atoms with Crippen molar-refractivity contribution < 1.29 is 19.2 Å². The largest absolute Gasteiger partial charge is 0.452 e. The van der Waals surface area contributed by atoms with Crippen molar-refractivity contribution in [3.8, 4) is 5.69 Å². The van der Waals surface area contributed by atoms with Gasteiger partial charge in [0, 0.05) is 6.07 Å². The third-order valence-corrected chi connectivity index (χ3v) is 3.68. The molecule has 3 aromatic rings. The number of tetrazole rings is 1. The normalized spacial score (nSPS) is 10.3. The van der Waals surface area contributed by atoms with Crippen molar-refractivity contribution in [1.29, 1.82) is 0 Å². The highest BCUT2D eigenvalue weighted by Crippen LogP contribution is 2.25. The van der Waals surface area contributed by atoms with E-state index in [9.17, 15) is 19.7 Å². The molecule has 0 aliphatic carbocycles. The van der Waals surface area contributed by atoms with Gasteiger partial charge in [-0.15, -0.1) is 5.10 Å². The molecule has 3 rings (SSSR count). The summed E-state index contributed by atoms with van der Waals surface area (Å²) in [4.78, 5) is 34.9. The Kier molecular flexibility index (Phi) is 5.35. The lowest BCUT2D eigenvalue weighted by Crippen LogP contribution is -2.22. The highest BCUT2D eigenvalue weighted by molar-refractivity contribution is 5.98. The molecule has 0 aliphatic rings. The van der Waals surface area contributed by atoms with Crippen LogP contribution in [0.1, 0.15) is 15.9 Å². The van der Waals surface area contributed by atoms with Crippen molar-refractivity contribution in [3.63, 3.8) is 0 Å². The van der Waals surface area contributed by atoms with Gasteiger partial charge in [0.05, 0.1) is 16.2 Å². The van der Waals surface area contributed by atoms with Crippen molar-refractivity contribution >= 4 is 23.3 Å². The molecule has 0 atom stereocenters. The van der Waals surface area contributed by atoms with Crippen molar-refractivity contribution in [3.05, 3.63) is 70.0 Å². The number of carbonyl (C=O) groups excluding carboxylic acids is 2. The molecular formula is C17H14N6O5. The number of aromatic nitrogens is 4. The van der Waals surface area contributed by atoms with E-state index in [-0.39, 0.29) is 16.9 Å². The number of para-hydroxylation sites is 1. The standard InChI is InChI=1S/C17H14N6O5/c1-11-6-7-13(15(8-11)23(26)27)19-16(24)9-28-17(25)12-4-2-3-5-14(12)22-10-18-20-21-22/h2-8,10H,9H2,1H3,(H,19,24). The molecular weight excluding hydrogens is 368 g/mol. The number of rotatable bonds is 6. The molecule has 11 heteroatoms. The molecule has 2 aromatic carbocycles. The van der Waals surface area contributed by atoms with Crippen molar-refractivity contribution in [2.24, 2.45) is 0 Å². The average molecular weight is 382 g/mol. The summed E-state index contributed by atoms with van der Waals surface area (Å²) in [6.07, 6.45) is 1.31. The third-order valence-electron chi connectivity index (χ3n) is 3.68. The predicted molar refractivity (Wildman–Crippen MR) is 95.9 cm³/mol. The fourth-order valence-electron chi connectivity index (χ4n) is 2.41. The summed E-state index contributed by atoms with van der Waals surface area (Å²) in [6.45, 7) is 1.08. The van der Waals surface area contributed by atoms with Crippen molar-refractivity contribution in [2.75, 3.05) is 11.9 Å². The van der Waals surface area contributed by atoms with Gasteiger partial charge in [-0.1, -0.05) is 18.2 Å². The van der Waals surface area contributed by atoms with E-state index in [0.717, 1.165) is 0 Å². The Morgan fingerprint density at radius 2 is 2.04 bits per heavy atom. The molecule has 0 radical (unpaired) electrons. The second-order valence-corrected chi connectivity index (χ2v) is 5.67. The Morgan fingerprint density at radius 1 is 1.25 bits per heavy atom. The van der Waals surface area contributed by atoms with E-state index in [0.29, 0.717) is 11.3 Å². The number of anilines is 1. The Balaban J connectivity index is 1.68. The first-order chi connectivity index (χ1) is 13.5. The smallest absolute Gasteiger partial charge is 0.340 e. The van der Waals surface area contributed by atoms with Gasteiger partial charge in [0.1, 0.15) is 12.0 Å². The van der Waals surface area contributed by atoms with Crippen LogP contribution in [-0.4, -0.2) is 43.6 Å². The van der Waals surface area contributed by atoms with Gasteiger partial charge in [-0.3, -0.25) is 14.9 Å². The molecule has 28 heavy (non-hydrogen) atoms. The predicted octanol–water partition coefficient (Wildman–Crippen LogP) is 1.67. The molecule has 142 valence electrons. The number of aryl methyl sites for hydroxylation is 1. The number of amides is 1. The summed E-state index contributed by atoms with van der Waals surface area (Å²) in [5.41, 5.74) is 0.987. The molecule has 1 amide bonds. The summed E-state index contributed by atoms with van der Waals surface area (Å²) < 4.78 is 6.31. The number of benzene rings is 2. The Bertz CT molecular complexity index is 1030. The van der Waals surface area contributed by atoms with Crippen molar-refractivity contribution in [2.45, 2.75) is 6.92 Å². The molecule has 0 aliphatic heterocycles. The van der Waals surface area contributed by atoms with Gasteiger partial charge < -0.3 is 10.1 Å². The van der Waals surface area contributed by atoms with Crippen LogP contribution in [0.4, 0.5) is 11.4 Å². The number of nitrogens with one attached hydrogen (secondary N) is 1. The molecule has 0 bridgehead atoms. The molecule has 0 saturated carbocycles. The van der Waals surface area contributed by atoms with Gasteiger partial charge in [0.15, 0.2) is 6.61 Å². The van der Waals surface area contributed by atoms with Gasteiger partial charge >= 0.3 is 5.97 Å². The van der Waals surface area contributed by atoms with Gasteiger partial charge in [0.25, 0.3) is 11.6 Å². The van der Waals surface area contributed by atoms with Gasteiger partial charge in [0.2, 0.25) is 0 Å². The quantitative estimate of drug-likeness (QED) is 0.385. The molecule has 1 N–H and O–H groups in total. The minimum atomic E-state index is -0.764. The minimum absolute atomic E-state index is 0.0192. The molecule has 0 fully saturated rings. The van der Waals surface area contributed by atoms with Crippen LogP contribution in [0, 0.1) is 17.0 Å². The number of hydrogen-bond donors (Lipinski definition) is 1. The number of nitro groups is 1. The molecule has 1 heterocycles. The average Bonchev–Trinajstić information content (AvgIpc) is 3.22. The van der Waals surface area contributed by atoms with Gasteiger partial charge in [-0.05, 0) is 41.1 Å². The van der Waals surface area contributed by atoms with E-state index in [1.165, 1.54) is 29.2 Å². The Hall–Kier alpha value is -4.15. The van der Waals surface area contributed by atoms with Crippen LogP contribution in [-0.2, 0) is 9.53 Å². The first kappa shape index (κ1) is 18.6. The van der Waals surface area contributed by atoms with Crippen LogP contribution in [0.25, 0.3) is 5.69 Å². The summed E-state index contributed by atoms with van der Waals surface area (Å²) in [5, 5.41) is 24.2. The number of carbonyl (C=O) groups is 2. The maximum Gasteiger partial charge on any atom is 0.340 e. The SMILES string of the molecule is Cc1ccc(NC(=O)COC(=O)c2ccccc2-n2cnnn2)c([N+](=O)[O-])c1.